The van der Waals surface area contributed by atoms with Gasteiger partial charge in [-0.2, -0.15) is 0 Å². The zero-order chi connectivity index (χ0) is 16.4. The number of nitrogens with zero attached hydrogens (tertiary/aromatic N) is 1. The fraction of sp³-hybridized carbons (Fsp3) is 0.333. The van der Waals surface area contributed by atoms with Crippen LogP contribution in [-0.4, -0.2) is 23.8 Å². The number of rotatable bonds is 4. The number of hydrogen-bond acceptors (Lipinski definition) is 3. The maximum absolute atomic E-state index is 12.6. The summed E-state index contributed by atoms with van der Waals surface area (Å²) in [7, 11) is 1.78. The van der Waals surface area contributed by atoms with Crippen molar-refractivity contribution in [3.05, 3.63) is 57.8 Å². The van der Waals surface area contributed by atoms with Crippen LogP contribution in [0.15, 0.2) is 41.8 Å². The Morgan fingerprint density at radius 2 is 2.09 bits per heavy atom. The highest BCUT2D eigenvalue weighted by Crippen LogP contribution is 2.39. The molecule has 1 fully saturated rings. The molecule has 3 rings (SSSR count). The molecule has 5 heteroatoms. The maximum atomic E-state index is 12.6. The van der Waals surface area contributed by atoms with E-state index in [2.05, 4.69) is 5.32 Å². The molecular formula is C18H20N2O2S. The highest BCUT2D eigenvalue weighted by molar-refractivity contribution is 7.10. The van der Waals surface area contributed by atoms with Crippen LogP contribution in [-0.2, 0) is 16.1 Å². The number of likely N-dealkylation sites (tertiary alicyclic amines) is 1. The normalized spacial score (nSPS) is 20.8. The Balaban J connectivity index is 1.73. The first kappa shape index (κ1) is 15.7. The minimum absolute atomic E-state index is 0.0273. The van der Waals surface area contributed by atoms with Crippen molar-refractivity contribution >= 4 is 23.2 Å². The highest BCUT2D eigenvalue weighted by Gasteiger charge is 2.43. The molecule has 0 spiro atoms. The van der Waals surface area contributed by atoms with Crippen molar-refractivity contribution in [2.75, 3.05) is 7.05 Å². The van der Waals surface area contributed by atoms with Gasteiger partial charge >= 0.3 is 0 Å². The lowest BCUT2D eigenvalue weighted by Gasteiger charge is -2.23. The molecule has 1 aliphatic rings. The third kappa shape index (κ3) is 3.15. The van der Waals surface area contributed by atoms with E-state index in [0.717, 1.165) is 16.0 Å². The second-order valence-electron chi connectivity index (χ2n) is 5.92. The van der Waals surface area contributed by atoms with Gasteiger partial charge in [-0.05, 0) is 29.5 Å². The Kier molecular flexibility index (Phi) is 4.48. The third-order valence-electron chi connectivity index (χ3n) is 4.47. The molecule has 2 atom stereocenters. The summed E-state index contributed by atoms with van der Waals surface area (Å²) in [6, 6.07) is 11.8. The van der Waals surface area contributed by atoms with Gasteiger partial charge in [-0.15, -0.1) is 11.3 Å². The van der Waals surface area contributed by atoms with Crippen LogP contribution in [0.1, 0.15) is 28.5 Å². The summed E-state index contributed by atoms with van der Waals surface area (Å²) in [5, 5.41) is 4.98. The minimum atomic E-state index is -0.324. The average molecular weight is 328 g/mol. The van der Waals surface area contributed by atoms with E-state index in [9.17, 15) is 9.59 Å². The van der Waals surface area contributed by atoms with Crippen LogP contribution in [0.25, 0.3) is 0 Å². The smallest absolute Gasteiger partial charge is 0.226 e. The first-order valence-electron chi connectivity index (χ1n) is 7.69. The molecule has 2 aromatic rings. The van der Waals surface area contributed by atoms with Gasteiger partial charge in [0, 0.05) is 24.9 Å². The lowest BCUT2D eigenvalue weighted by Crippen LogP contribution is -2.34. The fourth-order valence-corrected chi connectivity index (χ4v) is 4.01. The van der Waals surface area contributed by atoms with E-state index in [1.165, 1.54) is 0 Å². The largest absolute Gasteiger partial charge is 0.352 e. The highest BCUT2D eigenvalue weighted by atomic mass is 32.1. The summed E-state index contributed by atoms with van der Waals surface area (Å²) in [5.41, 5.74) is 2.26. The molecule has 120 valence electrons. The predicted molar refractivity (Wildman–Crippen MR) is 91.0 cm³/mol. The molecule has 23 heavy (non-hydrogen) atoms. The van der Waals surface area contributed by atoms with Gasteiger partial charge in [0.1, 0.15) is 0 Å². The third-order valence-corrected chi connectivity index (χ3v) is 5.42. The van der Waals surface area contributed by atoms with E-state index in [1.54, 1.807) is 23.3 Å². The van der Waals surface area contributed by atoms with E-state index in [1.807, 2.05) is 48.7 Å². The van der Waals surface area contributed by atoms with Crippen LogP contribution >= 0.6 is 11.3 Å². The summed E-state index contributed by atoms with van der Waals surface area (Å²) in [6.45, 7) is 2.53. The Labute approximate surface area is 140 Å². The molecular weight excluding hydrogens is 308 g/mol. The van der Waals surface area contributed by atoms with Crippen molar-refractivity contribution in [3.63, 3.8) is 0 Å². The number of thiophene rings is 1. The molecule has 1 aliphatic heterocycles. The van der Waals surface area contributed by atoms with Gasteiger partial charge in [0.15, 0.2) is 0 Å². The molecule has 2 heterocycles. The molecule has 0 radical (unpaired) electrons. The molecule has 0 saturated carbocycles. The Bertz CT molecular complexity index is 712. The van der Waals surface area contributed by atoms with Gasteiger partial charge in [0.2, 0.25) is 11.8 Å². The molecule has 0 bridgehead atoms. The minimum Gasteiger partial charge on any atom is -0.352 e. The van der Waals surface area contributed by atoms with Gasteiger partial charge < -0.3 is 10.2 Å². The summed E-state index contributed by atoms with van der Waals surface area (Å²) >= 11 is 1.59. The van der Waals surface area contributed by atoms with Crippen molar-refractivity contribution in [1.82, 2.24) is 10.2 Å². The summed E-state index contributed by atoms with van der Waals surface area (Å²) in [5.74, 6) is -0.348. The first-order valence-corrected chi connectivity index (χ1v) is 8.57. The second-order valence-corrected chi connectivity index (χ2v) is 6.90. The second kappa shape index (κ2) is 6.54. The molecule has 4 nitrogen and oxygen atoms in total. The topological polar surface area (TPSA) is 49.4 Å². The van der Waals surface area contributed by atoms with Gasteiger partial charge in [-0.3, -0.25) is 9.59 Å². The van der Waals surface area contributed by atoms with Gasteiger partial charge in [-0.1, -0.05) is 30.3 Å². The van der Waals surface area contributed by atoms with Crippen molar-refractivity contribution in [3.8, 4) is 0 Å². The molecule has 1 N–H and O–H groups in total. The number of carbonyl (C=O) groups is 2. The van der Waals surface area contributed by atoms with Crippen molar-refractivity contribution < 1.29 is 9.59 Å². The van der Waals surface area contributed by atoms with Crippen molar-refractivity contribution in [2.24, 2.45) is 5.92 Å². The predicted octanol–water partition coefficient (Wildman–Crippen LogP) is 2.89. The van der Waals surface area contributed by atoms with E-state index in [0.29, 0.717) is 6.54 Å². The molecule has 1 aromatic carbocycles. The fourth-order valence-electron chi connectivity index (χ4n) is 3.08. The number of hydrogen-bond donors (Lipinski definition) is 1. The van der Waals surface area contributed by atoms with Crippen LogP contribution in [0.5, 0.6) is 0 Å². The SMILES string of the molecule is Cc1ccccc1CNC(=O)[C@H]1CC(=O)N(C)[C@H]1c1cccs1. The number of aryl methyl sites for hydroxylation is 1. The monoisotopic (exact) mass is 328 g/mol. The maximum Gasteiger partial charge on any atom is 0.226 e. The van der Waals surface area contributed by atoms with Crippen LogP contribution < -0.4 is 5.32 Å². The quantitative estimate of drug-likeness (QED) is 0.938. The van der Waals surface area contributed by atoms with Gasteiger partial charge in [-0.25, -0.2) is 0 Å². The molecule has 0 aliphatic carbocycles. The van der Waals surface area contributed by atoms with Gasteiger partial charge in [0.25, 0.3) is 0 Å². The lowest BCUT2D eigenvalue weighted by molar-refractivity contribution is -0.128. The van der Waals surface area contributed by atoms with Crippen molar-refractivity contribution in [2.45, 2.75) is 25.9 Å². The number of benzene rings is 1. The van der Waals surface area contributed by atoms with Gasteiger partial charge in [0.05, 0.1) is 12.0 Å². The van der Waals surface area contributed by atoms with Crippen LogP contribution in [0.4, 0.5) is 0 Å². The summed E-state index contributed by atoms with van der Waals surface area (Å²) in [6.07, 6.45) is 0.276. The van der Waals surface area contributed by atoms with E-state index in [4.69, 9.17) is 0 Å². The zero-order valence-corrected chi connectivity index (χ0v) is 14.1. The Morgan fingerprint density at radius 1 is 1.30 bits per heavy atom. The van der Waals surface area contributed by atoms with Crippen LogP contribution in [0.2, 0.25) is 0 Å². The Morgan fingerprint density at radius 3 is 2.78 bits per heavy atom. The van der Waals surface area contributed by atoms with E-state index >= 15 is 0 Å². The van der Waals surface area contributed by atoms with Crippen LogP contribution in [0, 0.1) is 12.8 Å². The van der Waals surface area contributed by atoms with Crippen LogP contribution in [0.3, 0.4) is 0 Å². The standard InChI is InChI=1S/C18H20N2O2S/c1-12-6-3-4-7-13(12)11-19-18(22)14-10-16(21)20(2)17(14)15-8-5-9-23-15/h3-9,14,17H,10-11H2,1-2H3,(H,19,22)/t14-,17+/m0/s1. The van der Waals surface area contributed by atoms with Crippen molar-refractivity contribution in [1.29, 1.82) is 0 Å². The van der Waals surface area contributed by atoms with E-state index < -0.39 is 0 Å². The Hall–Kier alpha value is -2.14. The lowest BCUT2D eigenvalue weighted by atomic mass is 9.97. The number of nitrogens with one attached hydrogen (secondary N) is 1. The molecule has 1 saturated heterocycles. The average Bonchev–Trinajstić information content (AvgIpc) is 3.15. The number of amides is 2. The summed E-state index contributed by atoms with van der Waals surface area (Å²) in [4.78, 5) is 27.5. The number of carbonyl (C=O) groups excluding carboxylic acids is 2. The molecule has 2 amide bonds. The first-order chi connectivity index (χ1) is 11.1. The molecule has 1 aromatic heterocycles. The zero-order valence-electron chi connectivity index (χ0n) is 13.3. The summed E-state index contributed by atoms with van der Waals surface area (Å²) < 4.78 is 0. The van der Waals surface area contributed by atoms with E-state index in [-0.39, 0.29) is 30.2 Å². The molecule has 0 unspecified atom stereocenters.